The number of carbonyl (C=O) groups is 1. The quantitative estimate of drug-likeness (QED) is 0.554. The van der Waals surface area contributed by atoms with Crippen LogP contribution >= 0.6 is 11.3 Å². The van der Waals surface area contributed by atoms with E-state index in [4.69, 9.17) is 0 Å². The molecule has 3 rings (SSSR count). The van der Waals surface area contributed by atoms with Crippen LogP contribution in [0.1, 0.15) is 23.1 Å². The van der Waals surface area contributed by atoms with Crippen molar-refractivity contribution in [3.05, 3.63) is 76.1 Å². The summed E-state index contributed by atoms with van der Waals surface area (Å²) in [5.74, 6) is -0.165. The Kier molecular flexibility index (Phi) is 5.36. The van der Waals surface area contributed by atoms with Gasteiger partial charge in [0.15, 0.2) is 0 Å². The molecule has 5 heteroatoms. The van der Waals surface area contributed by atoms with Crippen molar-refractivity contribution in [3.63, 3.8) is 0 Å². The van der Waals surface area contributed by atoms with Gasteiger partial charge in [0.25, 0.3) is 0 Å². The van der Waals surface area contributed by atoms with Crippen molar-refractivity contribution in [3.8, 4) is 11.3 Å². The number of nitrogens with one attached hydrogen (secondary N) is 1. The smallest absolute Gasteiger partial charge is 0.246 e. The van der Waals surface area contributed by atoms with Crippen LogP contribution in [0.25, 0.3) is 11.3 Å². The fourth-order valence-corrected chi connectivity index (χ4v) is 3.30. The first kappa shape index (κ1) is 17.0. The molecular formula is C20H19N3OS. The van der Waals surface area contributed by atoms with E-state index in [1.807, 2.05) is 73.8 Å². The molecule has 0 radical (unpaired) electrons. The number of aryl methyl sites for hydroxylation is 1. The number of benzene rings is 2. The van der Waals surface area contributed by atoms with Gasteiger partial charge in [0, 0.05) is 16.5 Å². The lowest BCUT2D eigenvalue weighted by molar-refractivity contribution is -0.120. The molecule has 0 saturated carbocycles. The van der Waals surface area contributed by atoms with Crippen LogP contribution in [-0.2, 0) is 11.2 Å². The Labute approximate surface area is 151 Å². The Morgan fingerprint density at radius 1 is 1.12 bits per heavy atom. The van der Waals surface area contributed by atoms with Gasteiger partial charge in [-0.2, -0.15) is 5.10 Å². The lowest BCUT2D eigenvalue weighted by atomic mass is 10.1. The minimum Gasteiger partial charge on any atom is -0.273 e. The average Bonchev–Trinajstić information content (AvgIpc) is 3.09. The van der Waals surface area contributed by atoms with Crippen molar-refractivity contribution in [2.24, 2.45) is 5.10 Å². The minimum atomic E-state index is -0.165. The van der Waals surface area contributed by atoms with Crippen molar-refractivity contribution in [1.82, 2.24) is 10.4 Å². The van der Waals surface area contributed by atoms with Crippen molar-refractivity contribution >= 4 is 23.0 Å². The predicted molar refractivity (Wildman–Crippen MR) is 103 cm³/mol. The van der Waals surface area contributed by atoms with E-state index in [9.17, 15) is 4.79 Å². The Morgan fingerprint density at radius 2 is 1.84 bits per heavy atom. The summed E-state index contributed by atoms with van der Waals surface area (Å²) in [6.07, 6.45) is 0.224. The maximum Gasteiger partial charge on any atom is 0.246 e. The summed E-state index contributed by atoms with van der Waals surface area (Å²) in [5.41, 5.74) is 7.52. The van der Waals surface area contributed by atoms with E-state index >= 15 is 0 Å². The highest BCUT2D eigenvalue weighted by atomic mass is 32.1. The van der Waals surface area contributed by atoms with Crippen LogP contribution in [-0.4, -0.2) is 16.6 Å². The molecule has 0 aliphatic carbocycles. The maximum atomic E-state index is 12.1. The second-order valence-corrected chi connectivity index (χ2v) is 6.66. The van der Waals surface area contributed by atoms with Crippen LogP contribution in [0.3, 0.4) is 0 Å². The van der Waals surface area contributed by atoms with Gasteiger partial charge in [-0.05, 0) is 19.4 Å². The molecule has 1 amide bonds. The highest BCUT2D eigenvalue weighted by Crippen LogP contribution is 2.21. The third-order valence-corrected chi connectivity index (χ3v) is 4.67. The predicted octanol–water partition coefficient (Wildman–Crippen LogP) is 4.20. The second kappa shape index (κ2) is 7.85. The zero-order valence-corrected chi connectivity index (χ0v) is 15.0. The Balaban J connectivity index is 1.63. The molecular weight excluding hydrogens is 330 g/mol. The topological polar surface area (TPSA) is 54.4 Å². The van der Waals surface area contributed by atoms with Crippen molar-refractivity contribution in [2.45, 2.75) is 20.3 Å². The number of rotatable bonds is 5. The molecule has 1 heterocycles. The normalized spacial score (nSPS) is 11.4. The monoisotopic (exact) mass is 349 g/mol. The lowest BCUT2D eigenvalue weighted by Gasteiger charge is -2.05. The fourth-order valence-electron chi connectivity index (χ4n) is 2.50. The van der Waals surface area contributed by atoms with Gasteiger partial charge >= 0.3 is 0 Å². The maximum absolute atomic E-state index is 12.1. The Morgan fingerprint density at radius 3 is 2.60 bits per heavy atom. The standard InChI is InChI=1S/C20H19N3OS/c1-14-8-6-7-11-17(14)15(2)22-23-19(24)12-20-21-18(13-25-20)16-9-4-3-5-10-16/h3-11,13H,12H2,1-2H3,(H,23,24)/b22-15-. The third kappa shape index (κ3) is 4.39. The molecule has 3 aromatic rings. The Bertz CT molecular complexity index is 900. The molecule has 0 aliphatic rings. The van der Waals surface area contributed by atoms with Crippen molar-refractivity contribution in [2.75, 3.05) is 0 Å². The highest BCUT2D eigenvalue weighted by Gasteiger charge is 2.09. The molecule has 0 spiro atoms. The van der Waals surface area contributed by atoms with E-state index in [1.54, 1.807) is 0 Å². The summed E-state index contributed by atoms with van der Waals surface area (Å²) in [5, 5.41) is 6.96. The summed E-state index contributed by atoms with van der Waals surface area (Å²) in [7, 11) is 0. The van der Waals surface area contributed by atoms with Crippen LogP contribution in [0, 0.1) is 6.92 Å². The molecule has 0 saturated heterocycles. The molecule has 4 nitrogen and oxygen atoms in total. The van der Waals surface area contributed by atoms with Crippen LogP contribution < -0.4 is 5.43 Å². The van der Waals surface area contributed by atoms with Crippen LogP contribution in [0.2, 0.25) is 0 Å². The van der Waals surface area contributed by atoms with E-state index in [1.165, 1.54) is 11.3 Å². The molecule has 0 aliphatic heterocycles. The first-order valence-electron chi connectivity index (χ1n) is 8.02. The van der Waals surface area contributed by atoms with Crippen molar-refractivity contribution in [1.29, 1.82) is 0 Å². The first-order valence-corrected chi connectivity index (χ1v) is 8.90. The van der Waals surface area contributed by atoms with E-state index in [0.29, 0.717) is 0 Å². The number of thiazole rings is 1. The van der Waals surface area contributed by atoms with Gasteiger partial charge in [-0.3, -0.25) is 4.79 Å². The molecule has 2 aromatic carbocycles. The number of nitrogens with zero attached hydrogens (tertiary/aromatic N) is 2. The molecule has 126 valence electrons. The number of amides is 1. The SMILES string of the molecule is C/C(=N/NC(=O)Cc1nc(-c2ccccc2)cs1)c1ccccc1C. The van der Waals surface area contributed by atoms with E-state index < -0.39 is 0 Å². The number of hydrogen-bond acceptors (Lipinski definition) is 4. The number of carbonyl (C=O) groups excluding carboxylic acids is 1. The number of aromatic nitrogens is 1. The van der Waals surface area contributed by atoms with Gasteiger partial charge in [-0.15, -0.1) is 11.3 Å². The van der Waals surface area contributed by atoms with E-state index in [-0.39, 0.29) is 12.3 Å². The van der Waals surface area contributed by atoms with Gasteiger partial charge in [0.2, 0.25) is 5.91 Å². The second-order valence-electron chi connectivity index (χ2n) is 5.72. The van der Waals surface area contributed by atoms with E-state index in [2.05, 4.69) is 15.5 Å². The van der Waals surface area contributed by atoms with Gasteiger partial charge in [-0.1, -0.05) is 54.6 Å². The molecule has 0 fully saturated rings. The third-order valence-electron chi connectivity index (χ3n) is 3.82. The van der Waals surface area contributed by atoms with Crippen LogP contribution in [0.4, 0.5) is 0 Å². The zero-order chi connectivity index (χ0) is 17.6. The summed E-state index contributed by atoms with van der Waals surface area (Å²) < 4.78 is 0. The van der Waals surface area contributed by atoms with Crippen LogP contribution in [0.15, 0.2) is 65.1 Å². The summed E-state index contributed by atoms with van der Waals surface area (Å²) in [6.45, 7) is 3.91. The molecule has 0 unspecified atom stereocenters. The average molecular weight is 349 g/mol. The molecule has 1 aromatic heterocycles. The molecule has 1 N–H and O–H groups in total. The van der Waals surface area contributed by atoms with Gasteiger partial charge in [0.05, 0.1) is 17.8 Å². The first-order chi connectivity index (χ1) is 12.1. The largest absolute Gasteiger partial charge is 0.273 e. The summed E-state index contributed by atoms with van der Waals surface area (Å²) >= 11 is 1.49. The number of hydrazone groups is 1. The highest BCUT2D eigenvalue weighted by molar-refractivity contribution is 7.10. The lowest BCUT2D eigenvalue weighted by Crippen LogP contribution is -2.21. The summed E-state index contributed by atoms with van der Waals surface area (Å²) in [4.78, 5) is 16.7. The fraction of sp³-hybridized carbons (Fsp3) is 0.150. The summed E-state index contributed by atoms with van der Waals surface area (Å²) in [6, 6.07) is 17.9. The molecule has 0 atom stereocenters. The van der Waals surface area contributed by atoms with Crippen LogP contribution in [0.5, 0.6) is 0 Å². The van der Waals surface area contributed by atoms with Gasteiger partial charge in [0.1, 0.15) is 5.01 Å². The van der Waals surface area contributed by atoms with Gasteiger partial charge < -0.3 is 0 Å². The molecule has 25 heavy (non-hydrogen) atoms. The van der Waals surface area contributed by atoms with E-state index in [0.717, 1.165) is 33.1 Å². The van der Waals surface area contributed by atoms with Crippen molar-refractivity contribution < 1.29 is 4.79 Å². The number of hydrogen-bond donors (Lipinski definition) is 1. The Hall–Kier alpha value is -2.79. The van der Waals surface area contributed by atoms with Gasteiger partial charge in [-0.25, -0.2) is 10.4 Å². The minimum absolute atomic E-state index is 0.165. The zero-order valence-electron chi connectivity index (χ0n) is 14.2. The molecule has 0 bridgehead atoms.